The molecule has 1 saturated heterocycles. The van der Waals surface area contributed by atoms with E-state index in [2.05, 4.69) is 0 Å². The van der Waals surface area contributed by atoms with E-state index in [1.54, 1.807) is 32.0 Å². The molecular formula is C22H30FNO3S. The summed E-state index contributed by atoms with van der Waals surface area (Å²) in [5, 5.41) is 10.3. The van der Waals surface area contributed by atoms with Gasteiger partial charge in [0, 0.05) is 17.9 Å². The summed E-state index contributed by atoms with van der Waals surface area (Å²) < 4.78 is 14.7. The first kappa shape index (κ1) is 22.5. The highest BCUT2D eigenvalue weighted by atomic mass is 32.1. The first-order chi connectivity index (χ1) is 13.1. The van der Waals surface area contributed by atoms with Crippen molar-refractivity contribution in [2.45, 2.75) is 71.3 Å². The summed E-state index contributed by atoms with van der Waals surface area (Å²) in [7, 11) is 0. The third-order valence-electron chi connectivity index (χ3n) is 6.15. The Labute approximate surface area is 172 Å². The van der Waals surface area contributed by atoms with Crippen molar-refractivity contribution in [2.24, 2.45) is 5.41 Å². The van der Waals surface area contributed by atoms with Crippen LogP contribution in [0.15, 0.2) is 24.3 Å². The molecule has 0 aliphatic carbocycles. The van der Waals surface area contributed by atoms with Crippen LogP contribution in [0.1, 0.15) is 71.3 Å². The summed E-state index contributed by atoms with van der Waals surface area (Å²) in [5.74, 6) is -2.03. The summed E-state index contributed by atoms with van der Waals surface area (Å²) in [6, 6.07) is 6.39. The van der Waals surface area contributed by atoms with E-state index in [1.165, 1.54) is 11.0 Å². The second-order valence-corrected chi connectivity index (χ2v) is 8.61. The van der Waals surface area contributed by atoms with Crippen molar-refractivity contribution in [1.82, 2.24) is 4.90 Å². The van der Waals surface area contributed by atoms with Crippen molar-refractivity contribution < 1.29 is 19.1 Å². The van der Waals surface area contributed by atoms with Crippen LogP contribution in [0, 0.1) is 11.2 Å². The van der Waals surface area contributed by atoms with Gasteiger partial charge in [0.25, 0.3) is 5.91 Å². The zero-order chi connectivity index (χ0) is 21.1. The number of nitrogens with zero attached hydrogens (tertiary/aromatic N) is 1. The number of carbonyl (C=O) groups is 2. The molecule has 1 aromatic carbocycles. The Hall–Kier alpha value is -1.82. The average Bonchev–Trinajstić information content (AvgIpc) is 2.67. The van der Waals surface area contributed by atoms with Gasteiger partial charge in [-0.3, -0.25) is 9.59 Å². The average molecular weight is 408 g/mol. The number of piperidine rings is 1. The number of benzene rings is 1. The molecule has 0 bridgehead atoms. The molecule has 1 heterocycles. The number of thiocarbonyl (C=S) groups is 1. The molecule has 1 aromatic rings. The molecule has 0 saturated carbocycles. The maximum Gasteiger partial charge on any atom is 0.291 e. The van der Waals surface area contributed by atoms with Crippen LogP contribution in [0.5, 0.6) is 0 Å². The summed E-state index contributed by atoms with van der Waals surface area (Å²) in [6.45, 7) is 7.58. The van der Waals surface area contributed by atoms with Crippen LogP contribution < -0.4 is 0 Å². The Balaban J connectivity index is 2.61. The molecule has 1 aliphatic heterocycles. The number of amides is 1. The number of halogens is 1. The molecule has 1 amide bonds. The van der Waals surface area contributed by atoms with E-state index in [4.69, 9.17) is 12.2 Å². The third kappa shape index (κ3) is 3.84. The van der Waals surface area contributed by atoms with Crippen molar-refractivity contribution in [3.63, 3.8) is 0 Å². The molecule has 2 unspecified atom stereocenters. The number of aliphatic hydroxyl groups is 1. The van der Waals surface area contributed by atoms with E-state index in [0.29, 0.717) is 44.2 Å². The van der Waals surface area contributed by atoms with Crippen LogP contribution in [0.3, 0.4) is 0 Å². The SMILES string of the molecule is CCCC1(C(O)=S)C(c2ccccc2F)CCCN1C(=O)C(=O)C(C)(C)CC. The Morgan fingerprint density at radius 3 is 2.50 bits per heavy atom. The highest BCUT2D eigenvalue weighted by Gasteiger charge is 2.54. The van der Waals surface area contributed by atoms with Gasteiger partial charge in [0.2, 0.25) is 5.78 Å². The van der Waals surface area contributed by atoms with Crippen LogP contribution in [-0.2, 0) is 9.59 Å². The number of Topliss-reactive ketones (excluding diaryl/α,β-unsaturated/α-hetero) is 1. The molecule has 1 N–H and O–H groups in total. The third-order valence-corrected chi connectivity index (χ3v) is 6.51. The number of ketones is 1. The summed E-state index contributed by atoms with van der Waals surface area (Å²) in [4.78, 5) is 27.6. The molecular weight excluding hydrogens is 377 g/mol. The lowest BCUT2D eigenvalue weighted by atomic mass is 9.69. The largest absolute Gasteiger partial charge is 0.500 e. The van der Waals surface area contributed by atoms with Crippen LogP contribution in [0.25, 0.3) is 0 Å². The van der Waals surface area contributed by atoms with Gasteiger partial charge in [-0.2, -0.15) is 0 Å². The molecule has 4 nitrogen and oxygen atoms in total. The van der Waals surface area contributed by atoms with E-state index in [-0.39, 0.29) is 5.05 Å². The lowest BCUT2D eigenvalue weighted by Gasteiger charge is -2.51. The summed E-state index contributed by atoms with van der Waals surface area (Å²) >= 11 is 5.25. The van der Waals surface area contributed by atoms with Crippen LogP contribution >= 0.6 is 12.2 Å². The maximum absolute atomic E-state index is 14.7. The second-order valence-electron chi connectivity index (χ2n) is 8.22. The zero-order valence-corrected chi connectivity index (χ0v) is 17.9. The van der Waals surface area contributed by atoms with E-state index < -0.39 is 34.4 Å². The highest BCUT2D eigenvalue weighted by molar-refractivity contribution is 7.80. The number of hydrogen-bond donors (Lipinski definition) is 1. The molecule has 28 heavy (non-hydrogen) atoms. The number of aliphatic hydroxyl groups excluding tert-OH is 1. The van der Waals surface area contributed by atoms with Crippen LogP contribution in [0.4, 0.5) is 4.39 Å². The minimum atomic E-state index is -1.26. The van der Waals surface area contributed by atoms with Gasteiger partial charge in [-0.1, -0.05) is 52.3 Å². The summed E-state index contributed by atoms with van der Waals surface area (Å²) in [5.41, 5.74) is -1.65. The van der Waals surface area contributed by atoms with Gasteiger partial charge >= 0.3 is 0 Å². The van der Waals surface area contributed by atoms with Crippen LogP contribution in [0.2, 0.25) is 0 Å². The van der Waals surface area contributed by atoms with Gasteiger partial charge in [-0.25, -0.2) is 4.39 Å². The van der Waals surface area contributed by atoms with E-state index in [0.717, 1.165) is 0 Å². The van der Waals surface area contributed by atoms with Crippen molar-refractivity contribution in [3.8, 4) is 0 Å². The Morgan fingerprint density at radius 1 is 1.32 bits per heavy atom. The Morgan fingerprint density at radius 2 is 1.96 bits per heavy atom. The van der Waals surface area contributed by atoms with Crippen molar-refractivity contribution >= 4 is 29.0 Å². The molecule has 0 aromatic heterocycles. The molecule has 154 valence electrons. The normalized spacial score (nSPS) is 22.8. The smallest absolute Gasteiger partial charge is 0.291 e. The van der Waals surface area contributed by atoms with Gasteiger partial charge in [0.05, 0.1) is 0 Å². The molecule has 2 atom stereocenters. The van der Waals surface area contributed by atoms with Gasteiger partial charge in [0.1, 0.15) is 11.4 Å². The molecule has 0 spiro atoms. The molecule has 1 aliphatic rings. The fourth-order valence-electron chi connectivity index (χ4n) is 4.17. The summed E-state index contributed by atoms with van der Waals surface area (Å²) in [6.07, 6.45) is 2.70. The number of carbonyl (C=O) groups excluding carboxylic acids is 2. The quantitative estimate of drug-likeness (QED) is 0.513. The minimum absolute atomic E-state index is 0.315. The van der Waals surface area contributed by atoms with Gasteiger partial charge in [0.15, 0.2) is 5.05 Å². The predicted octanol–water partition coefficient (Wildman–Crippen LogP) is 4.96. The highest BCUT2D eigenvalue weighted by Crippen LogP contribution is 2.46. The fourth-order valence-corrected chi connectivity index (χ4v) is 4.52. The number of likely N-dealkylation sites (tertiary alicyclic amines) is 1. The van der Waals surface area contributed by atoms with Gasteiger partial charge in [-0.15, -0.1) is 0 Å². The monoisotopic (exact) mass is 407 g/mol. The van der Waals surface area contributed by atoms with E-state index >= 15 is 0 Å². The van der Waals surface area contributed by atoms with E-state index in [1.807, 2.05) is 13.8 Å². The lowest BCUT2D eigenvalue weighted by molar-refractivity contribution is -0.154. The molecule has 2 rings (SSSR count). The van der Waals surface area contributed by atoms with Crippen molar-refractivity contribution in [1.29, 1.82) is 0 Å². The standard InChI is InChI=1S/C22H30FNO3S/c1-5-13-22(20(27)28)16(15-10-7-8-12-17(15)23)11-9-14-24(22)19(26)18(25)21(3,4)6-2/h7-8,10,12,16H,5-6,9,11,13-14H2,1-4H3,(H,27,28). The maximum atomic E-state index is 14.7. The topological polar surface area (TPSA) is 57.6 Å². The first-order valence-electron chi connectivity index (χ1n) is 9.97. The molecule has 1 fully saturated rings. The second kappa shape index (κ2) is 8.68. The number of hydrogen-bond acceptors (Lipinski definition) is 3. The van der Waals surface area contributed by atoms with Crippen molar-refractivity contribution in [3.05, 3.63) is 35.6 Å². The number of rotatable bonds is 7. The van der Waals surface area contributed by atoms with Crippen molar-refractivity contribution in [2.75, 3.05) is 6.54 Å². The Kier molecular flexibility index (Phi) is 6.97. The Bertz CT molecular complexity index is 764. The zero-order valence-electron chi connectivity index (χ0n) is 17.1. The van der Waals surface area contributed by atoms with E-state index in [9.17, 15) is 19.1 Å². The fraction of sp³-hybridized carbons (Fsp3) is 0.591. The van der Waals surface area contributed by atoms with Gasteiger partial charge < -0.3 is 10.0 Å². The molecule has 0 radical (unpaired) electrons. The molecule has 6 heteroatoms. The predicted molar refractivity (Wildman–Crippen MR) is 112 cm³/mol. The minimum Gasteiger partial charge on any atom is -0.500 e. The lowest BCUT2D eigenvalue weighted by Crippen LogP contribution is -2.64. The first-order valence-corrected chi connectivity index (χ1v) is 10.4. The van der Waals surface area contributed by atoms with Gasteiger partial charge in [-0.05, 0) is 49.5 Å². The van der Waals surface area contributed by atoms with Crippen LogP contribution in [-0.4, -0.2) is 38.8 Å².